The topological polar surface area (TPSA) is 62.7 Å². The first-order chi connectivity index (χ1) is 12.0. The molecule has 0 saturated carbocycles. The average molecular weight is 333 g/mol. The fourth-order valence-corrected chi connectivity index (χ4v) is 2.42. The van der Waals surface area contributed by atoms with Crippen LogP contribution in [0.2, 0.25) is 0 Å². The van der Waals surface area contributed by atoms with Gasteiger partial charge in [-0.2, -0.15) is 4.98 Å². The first-order valence-corrected chi connectivity index (χ1v) is 8.35. The van der Waals surface area contributed by atoms with Crippen LogP contribution in [0.15, 0.2) is 60.9 Å². The molecule has 3 rings (SSSR count). The van der Waals surface area contributed by atoms with Crippen molar-refractivity contribution >= 4 is 11.8 Å². The van der Waals surface area contributed by atoms with Crippen LogP contribution in [0.4, 0.5) is 11.8 Å². The predicted octanol–water partition coefficient (Wildman–Crippen LogP) is 4.36. The molecule has 2 N–H and O–H groups in total. The zero-order chi connectivity index (χ0) is 17.7. The first kappa shape index (κ1) is 16.9. The summed E-state index contributed by atoms with van der Waals surface area (Å²) in [5.41, 5.74) is 2.95. The van der Waals surface area contributed by atoms with Crippen LogP contribution in [-0.2, 0) is 6.54 Å². The SMILES string of the molecule is CC(C)(C)Nc1cc(-c2ccccc2)nc(NCc2cccnc2)n1. The highest BCUT2D eigenvalue weighted by Gasteiger charge is 2.13. The zero-order valence-corrected chi connectivity index (χ0v) is 14.8. The molecular weight excluding hydrogens is 310 g/mol. The van der Waals surface area contributed by atoms with Crippen LogP contribution in [0.25, 0.3) is 11.3 Å². The second kappa shape index (κ2) is 7.30. The molecule has 0 saturated heterocycles. The molecule has 2 heterocycles. The van der Waals surface area contributed by atoms with Crippen LogP contribution >= 0.6 is 0 Å². The third kappa shape index (κ3) is 5.01. The van der Waals surface area contributed by atoms with E-state index in [9.17, 15) is 0 Å². The normalized spacial score (nSPS) is 11.2. The largest absolute Gasteiger partial charge is 0.365 e. The van der Waals surface area contributed by atoms with Gasteiger partial charge in [0.1, 0.15) is 5.82 Å². The molecule has 0 bridgehead atoms. The number of anilines is 2. The minimum absolute atomic E-state index is 0.0804. The second-order valence-corrected chi connectivity index (χ2v) is 6.92. The van der Waals surface area contributed by atoms with Gasteiger partial charge in [-0.1, -0.05) is 36.4 Å². The van der Waals surface area contributed by atoms with Gasteiger partial charge in [-0.3, -0.25) is 4.98 Å². The molecule has 0 aliphatic carbocycles. The Labute approximate surface area is 148 Å². The Kier molecular flexibility index (Phi) is 4.93. The molecular formula is C20H23N5. The molecule has 2 aromatic heterocycles. The Balaban J connectivity index is 1.89. The summed E-state index contributed by atoms with van der Waals surface area (Å²) in [6.07, 6.45) is 3.60. The molecule has 0 unspecified atom stereocenters. The van der Waals surface area contributed by atoms with Crippen LogP contribution in [0.5, 0.6) is 0 Å². The average Bonchev–Trinajstić information content (AvgIpc) is 2.60. The van der Waals surface area contributed by atoms with Crippen molar-refractivity contribution in [2.75, 3.05) is 10.6 Å². The van der Waals surface area contributed by atoms with Gasteiger partial charge in [-0.15, -0.1) is 0 Å². The lowest BCUT2D eigenvalue weighted by molar-refractivity contribution is 0.630. The van der Waals surface area contributed by atoms with Crippen molar-refractivity contribution < 1.29 is 0 Å². The van der Waals surface area contributed by atoms with Gasteiger partial charge in [0.15, 0.2) is 0 Å². The number of hydrogen-bond acceptors (Lipinski definition) is 5. The molecule has 0 fully saturated rings. The molecule has 3 aromatic rings. The van der Waals surface area contributed by atoms with E-state index in [2.05, 4.69) is 46.4 Å². The zero-order valence-electron chi connectivity index (χ0n) is 14.8. The molecule has 128 valence electrons. The van der Waals surface area contributed by atoms with E-state index in [1.165, 1.54) is 0 Å². The Hall–Kier alpha value is -2.95. The standard InChI is InChI=1S/C20H23N5/c1-20(2,3)25-18-12-17(16-9-5-4-6-10-16)23-19(24-18)22-14-15-8-7-11-21-13-15/h4-13H,14H2,1-3H3,(H2,22,23,24,25). The van der Waals surface area contributed by atoms with E-state index in [0.717, 1.165) is 22.6 Å². The summed E-state index contributed by atoms with van der Waals surface area (Å²) in [7, 11) is 0. The van der Waals surface area contributed by atoms with Crippen molar-refractivity contribution in [1.29, 1.82) is 0 Å². The summed E-state index contributed by atoms with van der Waals surface area (Å²) in [6, 6.07) is 16.0. The molecule has 0 atom stereocenters. The lowest BCUT2D eigenvalue weighted by Crippen LogP contribution is -2.27. The summed E-state index contributed by atoms with van der Waals surface area (Å²) in [6.45, 7) is 6.96. The van der Waals surface area contributed by atoms with Crippen LogP contribution in [-0.4, -0.2) is 20.5 Å². The maximum Gasteiger partial charge on any atom is 0.225 e. The lowest BCUT2D eigenvalue weighted by Gasteiger charge is -2.22. The van der Waals surface area contributed by atoms with E-state index < -0.39 is 0 Å². The number of rotatable bonds is 5. The van der Waals surface area contributed by atoms with Gasteiger partial charge in [-0.05, 0) is 32.4 Å². The van der Waals surface area contributed by atoms with Crippen molar-refractivity contribution in [3.63, 3.8) is 0 Å². The van der Waals surface area contributed by atoms with Crippen LogP contribution in [0, 0.1) is 0 Å². The summed E-state index contributed by atoms with van der Waals surface area (Å²) >= 11 is 0. The number of aromatic nitrogens is 3. The quantitative estimate of drug-likeness (QED) is 0.726. The highest BCUT2D eigenvalue weighted by atomic mass is 15.2. The Morgan fingerprint density at radius 2 is 1.76 bits per heavy atom. The van der Waals surface area contributed by atoms with Crippen molar-refractivity contribution in [3.05, 3.63) is 66.5 Å². The summed E-state index contributed by atoms with van der Waals surface area (Å²) < 4.78 is 0. The minimum Gasteiger partial charge on any atom is -0.365 e. The Morgan fingerprint density at radius 3 is 2.44 bits per heavy atom. The van der Waals surface area contributed by atoms with Gasteiger partial charge >= 0.3 is 0 Å². The number of nitrogens with one attached hydrogen (secondary N) is 2. The second-order valence-electron chi connectivity index (χ2n) is 6.92. The monoisotopic (exact) mass is 333 g/mol. The fourth-order valence-electron chi connectivity index (χ4n) is 2.42. The number of nitrogens with zero attached hydrogens (tertiary/aromatic N) is 3. The van der Waals surface area contributed by atoms with Gasteiger partial charge in [-0.25, -0.2) is 4.98 Å². The Bertz CT molecular complexity index is 810. The molecule has 0 spiro atoms. The smallest absolute Gasteiger partial charge is 0.225 e. The summed E-state index contributed by atoms with van der Waals surface area (Å²) in [4.78, 5) is 13.4. The maximum atomic E-state index is 4.67. The van der Waals surface area contributed by atoms with Gasteiger partial charge in [0.2, 0.25) is 5.95 Å². The molecule has 0 radical (unpaired) electrons. The minimum atomic E-state index is -0.0804. The van der Waals surface area contributed by atoms with Crippen molar-refractivity contribution in [3.8, 4) is 11.3 Å². The molecule has 25 heavy (non-hydrogen) atoms. The van der Waals surface area contributed by atoms with E-state index in [0.29, 0.717) is 12.5 Å². The van der Waals surface area contributed by atoms with Gasteiger partial charge < -0.3 is 10.6 Å². The van der Waals surface area contributed by atoms with E-state index in [-0.39, 0.29) is 5.54 Å². The van der Waals surface area contributed by atoms with E-state index in [4.69, 9.17) is 0 Å². The third-order valence-corrected chi connectivity index (χ3v) is 3.47. The van der Waals surface area contributed by atoms with Gasteiger partial charge in [0, 0.05) is 36.1 Å². The Morgan fingerprint density at radius 1 is 0.960 bits per heavy atom. The maximum absolute atomic E-state index is 4.67. The van der Waals surface area contributed by atoms with E-state index in [1.54, 1.807) is 6.20 Å². The molecule has 5 heteroatoms. The molecule has 5 nitrogen and oxygen atoms in total. The lowest BCUT2D eigenvalue weighted by atomic mass is 10.1. The molecule has 1 aromatic carbocycles. The third-order valence-electron chi connectivity index (χ3n) is 3.47. The van der Waals surface area contributed by atoms with E-state index >= 15 is 0 Å². The highest BCUT2D eigenvalue weighted by molar-refractivity contribution is 5.64. The highest BCUT2D eigenvalue weighted by Crippen LogP contribution is 2.23. The van der Waals surface area contributed by atoms with Crippen LogP contribution < -0.4 is 10.6 Å². The summed E-state index contributed by atoms with van der Waals surface area (Å²) in [5, 5.41) is 6.72. The van der Waals surface area contributed by atoms with Crippen LogP contribution in [0.1, 0.15) is 26.3 Å². The number of pyridine rings is 1. The molecule has 0 aliphatic heterocycles. The van der Waals surface area contributed by atoms with Crippen molar-refractivity contribution in [2.45, 2.75) is 32.9 Å². The van der Waals surface area contributed by atoms with E-state index in [1.807, 2.05) is 54.7 Å². The van der Waals surface area contributed by atoms with Crippen molar-refractivity contribution in [1.82, 2.24) is 15.0 Å². The number of benzene rings is 1. The first-order valence-electron chi connectivity index (χ1n) is 8.35. The fraction of sp³-hybridized carbons (Fsp3) is 0.250. The molecule has 0 aliphatic rings. The predicted molar refractivity (Wildman–Crippen MR) is 102 cm³/mol. The van der Waals surface area contributed by atoms with Crippen molar-refractivity contribution in [2.24, 2.45) is 0 Å². The van der Waals surface area contributed by atoms with Gasteiger partial charge in [0.05, 0.1) is 5.69 Å². The molecule has 0 amide bonds. The summed E-state index contributed by atoms with van der Waals surface area (Å²) in [5.74, 6) is 1.40. The number of hydrogen-bond donors (Lipinski definition) is 2. The van der Waals surface area contributed by atoms with Crippen LogP contribution in [0.3, 0.4) is 0 Å². The van der Waals surface area contributed by atoms with Gasteiger partial charge in [0.25, 0.3) is 0 Å².